The first kappa shape index (κ1) is 15.9. The van der Waals surface area contributed by atoms with Gasteiger partial charge in [0, 0.05) is 24.4 Å². The number of halogens is 1. The summed E-state index contributed by atoms with van der Waals surface area (Å²) in [6, 6.07) is 0.482. The van der Waals surface area contributed by atoms with Gasteiger partial charge in [-0.05, 0) is 32.1 Å². The minimum absolute atomic E-state index is 0.482. The maximum atomic E-state index is 6.29. The second-order valence-electron chi connectivity index (χ2n) is 4.49. The molecule has 1 aromatic rings. The van der Waals surface area contributed by atoms with E-state index in [0.717, 1.165) is 41.7 Å². The topological polar surface area (TPSA) is 29.9 Å². The second kappa shape index (κ2) is 8.08. The Balaban J connectivity index is 2.68. The molecule has 1 N–H and O–H groups in total. The molecule has 3 nitrogen and oxygen atoms in total. The summed E-state index contributed by atoms with van der Waals surface area (Å²) in [7, 11) is 1.90. The molecule has 1 aromatic heterocycles. The van der Waals surface area contributed by atoms with Crippen LogP contribution in [0.25, 0.3) is 0 Å². The molecule has 104 valence electrons. The van der Waals surface area contributed by atoms with Crippen LogP contribution in [-0.2, 0) is 13.5 Å². The van der Waals surface area contributed by atoms with Crippen molar-refractivity contribution < 1.29 is 0 Å². The van der Waals surface area contributed by atoms with E-state index in [1.165, 1.54) is 5.56 Å². The smallest absolute Gasteiger partial charge is 0.130 e. The van der Waals surface area contributed by atoms with Crippen molar-refractivity contribution in [3.8, 4) is 0 Å². The quantitative estimate of drug-likeness (QED) is 0.798. The van der Waals surface area contributed by atoms with Gasteiger partial charge < -0.3 is 5.32 Å². The number of aryl methyl sites for hydroxylation is 2. The Morgan fingerprint density at radius 1 is 1.44 bits per heavy atom. The van der Waals surface area contributed by atoms with E-state index < -0.39 is 0 Å². The Hall–Kier alpha value is -0.190. The molecule has 0 radical (unpaired) electrons. The van der Waals surface area contributed by atoms with Gasteiger partial charge in [-0.25, -0.2) is 0 Å². The lowest BCUT2D eigenvalue weighted by Gasteiger charge is -2.18. The number of hydrogen-bond acceptors (Lipinski definition) is 3. The van der Waals surface area contributed by atoms with Gasteiger partial charge in [0.25, 0.3) is 0 Å². The van der Waals surface area contributed by atoms with Crippen molar-refractivity contribution in [3.05, 3.63) is 16.4 Å². The Morgan fingerprint density at radius 3 is 2.67 bits per heavy atom. The van der Waals surface area contributed by atoms with Crippen LogP contribution >= 0.6 is 23.4 Å². The summed E-state index contributed by atoms with van der Waals surface area (Å²) in [6.45, 7) is 7.49. The normalized spacial score (nSPS) is 12.9. The SMILES string of the molecule is CCCNC(CSCC)Cc1c(C)nn(C)c1Cl. The standard InChI is InChI=1S/C13H24ClN3S/c1-5-7-15-11(9-18-6-2)8-12-10(3)16-17(4)13(12)14/h11,15H,5-9H2,1-4H3. The maximum Gasteiger partial charge on any atom is 0.130 e. The molecular formula is C13H24ClN3S. The highest BCUT2D eigenvalue weighted by Gasteiger charge is 2.16. The zero-order valence-electron chi connectivity index (χ0n) is 11.8. The molecule has 0 amide bonds. The summed E-state index contributed by atoms with van der Waals surface area (Å²) in [5, 5.41) is 8.75. The summed E-state index contributed by atoms with van der Waals surface area (Å²) in [5.74, 6) is 2.28. The Morgan fingerprint density at radius 2 is 2.17 bits per heavy atom. The lowest BCUT2D eigenvalue weighted by molar-refractivity contribution is 0.549. The molecule has 5 heteroatoms. The number of thioether (sulfide) groups is 1. The van der Waals surface area contributed by atoms with Crippen molar-refractivity contribution in [2.24, 2.45) is 7.05 Å². The van der Waals surface area contributed by atoms with Crippen LogP contribution in [0.2, 0.25) is 5.15 Å². The largest absolute Gasteiger partial charge is 0.313 e. The average Bonchev–Trinajstić information content (AvgIpc) is 2.58. The second-order valence-corrected chi connectivity index (χ2v) is 6.17. The fourth-order valence-electron chi connectivity index (χ4n) is 1.95. The Bertz CT molecular complexity index is 357. The molecular weight excluding hydrogens is 266 g/mol. The minimum Gasteiger partial charge on any atom is -0.313 e. The number of nitrogens with one attached hydrogen (secondary N) is 1. The van der Waals surface area contributed by atoms with Crippen molar-refractivity contribution in [3.63, 3.8) is 0 Å². The van der Waals surface area contributed by atoms with Crippen molar-refractivity contribution in [2.45, 2.75) is 39.7 Å². The molecule has 0 aliphatic rings. The molecule has 0 saturated heterocycles. The van der Waals surface area contributed by atoms with Gasteiger partial charge >= 0.3 is 0 Å². The van der Waals surface area contributed by atoms with E-state index in [-0.39, 0.29) is 0 Å². The van der Waals surface area contributed by atoms with Crippen molar-refractivity contribution in [1.29, 1.82) is 0 Å². The number of hydrogen-bond donors (Lipinski definition) is 1. The number of rotatable bonds is 8. The van der Waals surface area contributed by atoms with Crippen LogP contribution in [0, 0.1) is 6.92 Å². The van der Waals surface area contributed by atoms with Gasteiger partial charge in [-0.2, -0.15) is 16.9 Å². The molecule has 1 heterocycles. The highest BCUT2D eigenvalue weighted by molar-refractivity contribution is 7.99. The predicted molar refractivity (Wildman–Crippen MR) is 81.7 cm³/mol. The van der Waals surface area contributed by atoms with Crippen LogP contribution in [0.4, 0.5) is 0 Å². The van der Waals surface area contributed by atoms with Gasteiger partial charge in [-0.15, -0.1) is 0 Å². The fraction of sp³-hybridized carbons (Fsp3) is 0.769. The summed E-state index contributed by atoms with van der Waals surface area (Å²) in [6.07, 6.45) is 2.12. The van der Waals surface area contributed by atoms with E-state index in [1.54, 1.807) is 4.68 Å². The molecule has 0 fully saturated rings. The summed E-state index contributed by atoms with van der Waals surface area (Å²) < 4.78 is 1.76. The molecule has 18 heavy (non-hydrogen) atoms. The highest BCUT2D eigenvalue weighted by Crippen LogP contribution is 2.21. The molecule has 0 saturated carbocycles. The molecule has 1 atom stereocenters. The maximum absolute atomic E-state index is 6.29. The molecule has 1 unspecified atom stereocenters. The summed E-state index contributed by atoms with van der Waals surface area (Å²) in [5.41, 5.74) is 2.23. The van der Waals surface area contributed by atoms with Gasteiger partial charge in [0.2, 0.25) is 0 Å². The lowest BCUT2D eigenvalue weighted by atomic mass is 10.1. The first-order valence-electron chi connectivity index (χ1n) is 6.59. The van der Waals surface area contributed by atoms with E-state index in [2.05, 4.69) is 24.3 Å². The first-order valence-corrected chi connectivity index (χ1v) is 8.12. The molecule has 0 spiro atoms. The van der Waals surface area contributed by atoms with E-state index in [4.69, 9.17) is 11.6 Å². The molecule has 0 aliphatic heterocycles. The van der Waals surface area contributed by atoms with E-state index >= 15 is 0 Å². The fourth-order valence-corrected chi connectivity index (χ4v) is 2.96. The van der Waals surface area contributed by atoms with Crippen LogP contribution in [-0.4, -0.2) is 33.9 Å². The minimum atomic E-state index is 0.482. The average molecular weight is 290 g/mol. The predicted octanol–water partition coefficient (Wildman–Crippen LogP) is 3.05. The third kappa shape index (κ3) is 4.48. The highest BCUT2D eigenvalue weighted by atomic mass is 35.5. The van der Waals surface area contributed by atoms with Crippen LogP contribution in [0.5, 0.6) is 0 Å². The van der Waals surface area contributed by atoms with Gasteiger partial charge in [0.15, 0.2) is 0 Å². The van der Waals surface area contributed by atoms with Crippen LogP contribution in [0.15, 0.2) is 0 Å². The molecule has 0 aromatic carbocycles. The van der Waals surface area contributed by atoms with Gasteiger partial charge in [-0.1, -0.05) is 25.4 Å². The molecule has 0 bridgehead atoms. The van der Waals surface area contributed by atoms with Crippen molar-refractivity contribution in [1.82, 2.24) is 15.1 Å². The van der Waals surface area contributed by atoms with E-state index in [0.29, 0.717) is 6.04 Å². The summed E-state index contributed by atoms with van der Waals surface area (Å²) in [4.78, 5) is 0. The molecule has 0 aliphatic carbocycles. The first-order chi connectivity index (χ1) is 8.60. The van der Waals surface area contributed by atoms with E-state index in [1.807, 2.05) is 25.7 Å². The third-order valence-electron chi connectivity index (χ3n) is 2.93. The zero-order chi connectivity index (χ0) is 13.5. The van der Waals surface area contributed by atoms with E-state index in [9.17, 15) is 0 Å². The zero-order valence-corrected chi connectivity index (χ0v) is 13.4. The van der Waals surface area contributed by atoms with Crippen molar-refractivity contribution in [2.75, 3.05) is 18.1 Å². The van der Waals surface area contributed by atoms with Crippen LogP contribution in [0.3, 0.4) is 0 Å². The van der Waals surface area contributed by atoms with Gasteiger partial charge in [0.05, 0.1) is 5.69 Å². The third-order valence-corrected chi connectivity index (χ3v) is 4.45. The summed E-state index contributed by atoms with van der Waals surface area (Å²) >= 11 is 8.26. The van der Waals surface area contributed by atoms with Gasteiger partial charge in [0.1, 0.15) is 5.15 Å². The van der Waals surface area contributed by atoms with Crippen LogP contribution in [0.1, 0.15) is 31.5 Å². The number of nitrogens with zero attached hydrogens (tertiary/aromatic N) is 2. The van der Waals surface area contributed by atoms with Gasteiger partial charge in [-0.3, -0.25) is 4.68 Å². The monoisotopic (exact) mass is 289 g/mol. The lowest BCUT2D eigenvalue weighted by Crippen LogP contribution is -2.34. The van der Waals surface area contributed by atoms with Crippen LogP contribution < -0.4 is 5.32 Å². The Labute approximate surface area is 120 Å². The van der Waals surface area contributed by atoms with Crippen molar-refractivity contribution >= 4 is 23.4 Å². The molecule has 1 rings (SSSR count). The number of aromatic nitrogens is 2. The Kier molecular flexibility index (Phi) is 7.12.